The zero-order chi connectivity index (χ0) is 4.24. The van der Waals surface area contributed by atoms with Gasteiger partial charge >= 0.3 is 0 Å². The first-order valence-electron chi connectivity index (χ1n) is 2.00. The summed E-state index contributed by atoms with van der Waals surface area (Å²) >= 11 is 0. The molecular weight excluding hydrogens is 310 g/mol. The predicted octanol–water partition coefficient (Wildman–Crippen LogP) is 1.69. The Morgan fingerprint density at radius 2 is 0.571 bits per heavy atom. The minimum absolute atomic E-state index is 0. The molecule has 1 aromatic rings. The van der Waals surface area contributed by atoms with Crippen molar-refractivity contribution in [3.8, 4) is 0 Å². The van der Waals surface area contributed by atoms with Gasteiger partial charge in [-0.15, -0.1) is 0 Å². The molecule has 0 aromatic heterocycles. The molecule has 34 valence electrons. The Bertz CT molecular complexity index is 76.1. The van der Waals surface area contributed by atoms with Crippen molar-refractivity contribution in [2.24, 2.45) is 0 Å². The normalized spacial score (nSPS) is 6.86. The maximum atomic E-state index is 2.00. The van der Waals surface area contributed by atoms with Crippen molar-refractivity contribution in [2.45, 2.75) is 0 Å². The molecule has 0 aliphatic carbocycles. The van der Waals surface area contributed by atoms with Crippen LogP contribution in [0.3, 0.4) is 0 Å². The van der Waals surface area contributed by atoms with Crippen LogP contribution in [0.1, 0.15) is 0 Å². The SMILES string of the molecule is [U].c1ccccc1. The van der Waals surface area contributed by atoms with Gasteiger partial charge in [0.05, 0.1) is 0 Å². The van der Waals surface area contributed by atoms with Gasteiger partial charge < -0.3 is 0 Å². The van der Waals surface area contributed by atoms with Crippen LogP contribution in [-0.4, -0.2) is 0 Å². The number of hydrogen-bond acceptors (Lipinski definition) is 0. The molecule has 1 rings (SSSR count). The Kier molecular flexibility index (Phi) is 4.60. The fourth-order valence-corrected chi connectivity index (χ4v) is 0.385. The summed E-state index contributed by atoms with van der Waals surface area (Å²) in [4.78, 5) is 0. The first-order chi connectivity index (χ1) is 3.00. The standard InChI is InChI=1S/C6H6.U/c1-2-4-6-5-3-1;/h1-6H;. The summed E-state index contributed by atoms with van der Waals surface area (Å²) in [6.45, 7) is 0. The fraction of sp³-hybridized carbons (Fsp3) is 0. The van der Waals surface area contributed by atoms with Crippen molar-refractivity contribution in [1.29, 1.82) is 0 Å². The molecule has 0 aliphatic heterocycles. The molecule has 0 aliphatic rings. The van der Waals surface area contributed by atoms with E-state index in [1.54, 1.807) is 0 Å². The van der Waals surface area contributed by atoms with E-state index in [2.05, 4.69) is 0 Å². The van der Waals surface area contributed by atoms with E-state index >= 15 is 0 Å². The van der Waals surface area contributed by atoms with Crippen molar-refractivity contribution in [1.82, 2.24) is 0 Å². The first kappa shape index (κ1) is 7.27. The second-order valence-electron chi connectivity index (χ2n) is 1.15. The molecule has 0 unspecified atom stereocenters. The van der Waals surface area contributed by atoms with Crippen molar-refractivity contribution < 1.29 is 31.1 Å². The quantitative estimate of drug-likeness (QED) is 0.683. The van der Waals surface area contributed by atoms with E-state index < -0.39 is 0 Å². The van der Waals surface area contributed by atoms with Crippen LogP contribution in [0, 0.1) is 31.1 Å². The van der Waals surface area contributed by atoms with Crippen molar-refractivity contribution >= 4 is 0 Å². The summed E-state index contributed by atoms with van der Waals surface area (Å²) < 4.78 is 0. The van der Waals surface area contributed by atoms with Crippen molar-refractivity contribution in [3.05, 3.63) is 36.4 Å². The number of rotatable bonds is 0. The topological polar surface area (TPSA) is 0 Å². The molecule has 0 bridgehead atoms. The van der Waals surface area contributed by atoms with Gasteiger partial charge in [-0.05, 0) is 0 Å². The van der Waals surface area contributed by atoms with Crippen molar-refractivity contribution in [2.75, 3.05) is 0 Å². The molecule has 0 nitrogen and oxygen atoms in total. The van der Waals surface area contributed by atoms with E-state index in [1.807, 2.05) is 36.4 Å². The molecule has 0 saturated carbocycles. The van der Waals surface area contributed by atoms with Crippen LogP contribution in [-0.2, 0) is 0 Å². The molecule has 0 spiro atoms. The third kappa shape index (κ3) is 2.91. The molecule has 0 radical (unpaired) electrons. The van der Waals surface area contributed by atoms with Gasteiger partial charge in [0.25, 0.3) is 0 Å². The van der Waals surface area contributed by atoms with E-state index in [0.29, 0.717) is 0 Å². The first-order valence-corrected chi connectivity index (χ1v) is 2.00. The van der Waals surface area contributed by atoms with Gasteiger partial charge in [0.1, 0.15) is 0 Å². The van der Waals surface area contributed by atoms with Crippen LogP contribution in [0.2, 0.25) is 0 Å². The molecule has 7 heavy (non-hydrogen) atoms. The van der Waals surface area contributed by atoms with Crippen LogP contribution in [0.5, 0.6) is 0 Å². The summed E-state index contributed by atoms with van der Waals surface area (Å²) in [6, 6.07) is 12.0. The van der Waals surface area contributed by atoms with Crippen LogP contribution in [0.4, 0.5) is 0 Å². The van der Waals surface area contributed by atoms with Gasteiger partial charge in [0.15, 0.2) is 0 Å². The maximum Gasteiger partial charge on any atom is 0 e. The summed E-state index contributed by atoms with van der Waals surface area (Å²) in [5.41, 5.74) is 0. The van der Waals surface area contributed by atoms with E-state index in [4.69, 9.17) is 0 Å². The smallest absolute Gasteiger partial charge is 0 e. The fourth-order valence-electron chi connectivity index (χ4n) is 0.385. The summed E-state index contributed by atoms with van der Waals surface area (Å²) in [5.74, 6) is 0. The van der Waals surface area contributed by atoms with Gasteiger partial charge in [-0.25, -0.2) is 0 Å². The van der Waals surface area contributed by atoms with E-state index in [9.17, 15) is 0 Å². The summed E-state index contributed by atoms with van der Waals surface area (Å²) in [7, 11) is 0. The van der Waals surface area contributed by atoms with Crippen LogP contribution in [0.25, 0.3) is 0 Å². The van der Waals surface area contributed by atoms with E-state index in [-0.39, 0.29) is 31.1 Å². The minimum Gasteiger partial charge on any atom is -0.0623 e. The zero-order valence-corrected chi connectivity index (χ0v) is 8.13. The molecule has 0 heterocycles. The molecule has 0 saturated heterocycles. The van der Waals surface area contributed by atoms with E-state index in [0.717, 1.165) is 0 Å². The van der Waals surface area contributed by atoms with Crippen LogP contribution in [0.15, 0.2) is 36.4 Å². The summed E-state index contributed by atoms with van der Waals surface area (Å²) in [6.07, 6.45) is 0. The largest absolute Gasteiger partial charge is 0.0623 e. The number of hydrogen-bond donors (Lipinski definition) is 0. The van der Waals surface area contributed by atoms with Gasteiger partial charge in [-0.1, -0.05) is 36.4 Å². The third-order valence-corrected chi connectivity index (χ3v) is 0.667. The van der Waals surface area contributed by atoms with E-state index in [1.165, 1.54) is 0 Å². The maximum absolute atomic E-state index is 2.00. The van der Waals surface area contributed by atoms with Gasteiger partial charge in [0.2, 0.25) is 0 Å². The molecule has 1 heteroatoms. The van der Waals surface area contributed by atoms with Crippen molar-refractivity contribution in [3.63, 3.8) is 0 Å². The number of benzene rings is 1. The minimum atomic E-state index is 0. The average molecular weight is 316 g/mol. The third-order valence-electron chi connectivity index (χ3n) is 0.667. The second kappa shape index (κ2) is 4.43. The Hall–Kier alpha value is 0.272. The average Bonchev–Trinajstić information content (AvgIpc) is 1.72. The Balaban J connectivity index is 0.000000360. The summed E-state index contributed by atoms with van der Waals surface area (Å²) in [5, 5.41) is 0. The molecule has 0 atom stereocenters. The Morgan fingerprint density at radius 1 is 0.429 bits per heavy atom. The monoisotopic (exact) mass is 316 g/mol. The predicted molar refractivity (Wildman–Crippen MR) is 26.4 cm³/mol. The molecular formula is C6H6U. The van der Waals surface area contributed by atoms with Gasteiger partial charge in [-0.2, -0.15) is 0 Å². The molecule has 0 amide bonds. The molecule has 1 aromatic carbocycles. The van der Waals surface area contributed by atoms with Gasteiger partial charge in [0, 0.05) is 31.1 Å². The zero-order valence-electron chi connectivity index (χ0n) is 3.96. The van der Waals surface area contributed by atoms with Crippen LogP contribution < -0.4 is 0 Å². The Labute approximate surface area is 67.3 Å². The molecule has 0 N–H and O–H groups in total. The second-order valence-corrected chi connectivity index (χ2v) is 1.15. The molecule has 0 fully saturated rings. The van der Waals surface area contributed by atoms with Crippen LogP contribution >= 0.6 is 0 Å². The van der Waals surface area contributed by atoms with Gasteiger partial charge in [-0.3, -0.25) is 0 Å². The Morgan fingerprint density at radius 3 is 0.714 bits per heavy atom.